The molecular weight excluding hydrogens is 238 g/mol. The Morgan fingerprint density at radius 2 is 2.06 bits per heavy atom. The molecule has 1 amide bonds. The second kappa shape index (κ2) is 5.27. The van der Waals surface area contributed by atoms with Crippen molar-refractivity contribution in [1.82, 2.24) is 10.3 Å². The molecule has 5 nitrogen and oxygen atoms in total. The highest BCUT2D eigenvalue weighted by Gasteiger charge is 2.23. The largest absolute Gasteiger partial charge is 0.436 e. The third-order valence-corrected chi connectivity index (χ3v) is 2.62. The first-order valence-corrected chi connectivity index (χ1v) is 5.78. The number of thiocarbonyl (C=S) groups is 1. The number of oxazole rings is 1. The Morgan fingerprint density at radius 3 is 2.41 bits per heavy atom. The average molecular weight is 255 g/mol. The predicted octanol–water partition coefficient (Wildman–Crippen LogP) is 1.33. The van der Waals surface area contributed by atoms with E-state index in [0.717, 1.165) is 0 Å². The van der Waals surface area contributed by atoms with E-state index in [9.17, 15) is 4.79 Å². The van der Waals surface area contributed by atoms with Gasteiger partial charge in [0.15, 0.2) is 5.89 Å². The number of carbonyl (C=O) groups is 1. The van der Waals surface area contributed by atoms with Crippen LogP contribution in [0, 0.1) is 19.8 Å². The smallest absolute Gasteiger partial charge is 0.289 e. The highest BCUT2D eigenvalue weighted by Crippen LogP contribution is 2.10. The van der Waals surface area contributed by atoms with Gasteiger partial charge in [0.05, 0.1) is 16.7 Å². The van der Waals surface area contributed by atoms with E-state index in [2.05, 4.69) is 10.3 Å². The minimum absolute atomic E-state index is 0.126. The van der Waals surface area contributed by atoms with E-state index in [1.165, 1.54) is 0 Å². The second-order valence-electron chi connectivity index (χ2n) is 4.24. The Morgan fingerprint density at radius 1 is 1.47 bits per heavy atom. The van der Waals surface area contributed by atoms with Crippen molar-refractivity contribution >= 4 is 23.1 Å². The van der Waals surface area contributed by atoms with Crippen LogP contribution in [0.1, 0.15) is 36.0 Å². The number of carbonyl (C=O) groups excluding carboxylic acids is 1. The minimum atomic E-state index is -0.345. The van der Waals surface area contributed by atoms with Gasteiger partial charge < -0.3 is 15.5 Å². The van der Waals surface area contributed by atoms with Crippen molar-refractivity contribution in [3.05, 3.63) is 17.3 Å². The van der Waals surface area contributed by atoms with Crippen molar-refractivity contribution in [3.63, 3.8) is 0 Å². The van der Waals surface area contributed by atoms with Crippen molar-refractivity contribution in [2.24, 2.45) is 11.7 Å². The van der Waals surface area contributed by atoms with Crippen LogP contribution in [0.25, 0.3) is 0 Å². The molecule has 0 saturated carbocycles. The van der Waals surface area contributed by atoms with Gasteiger partial charge >= 0.3 is 0 Å². The molecule has 0 aliphatic carbocycles. The Balaban J connectivity index is 2.85. The SMILES string of the molecule is Cc1nc(C)c(C(=O)NC(C(N)=S)C(C)C)o1. The lowest BCUT2D eigenvalue weighted by Gasteiger charge is -2.20. The van der Waals surface area contributed by atoms with Crippen LogP contribution in [0.15, 0.2) is 4.42 Å². The molecule has 94 valence electrons. The van der Waals surface area contributed by atoms with Gasteiger partial charge in [0, 0.05) is 6.92 Å². The lowest BCUT2D eigenvalue weighted by atomic mass is 10.0. The van der Waals surface area contributed by atoms with Crippen LogP contribution in [-0.4, -0.2) is 21.9 Å². The molecule has 0 radical (unpaired) electrons. The van der Waals surface area contributed by atoms with E-state index in [1.807, 2.05) is 13.8 Å². The molecule has 0 aliphatic heterocycles. The van der Waals surface area contributed by atoms with Gasteiger partial charge in [-0.1, -0.05) is 26.1 Å². The summed E-state index contributed by atoms with van der Waals surface area (Å²) in [5, 5.41) is 2.75. The predicted molar refractivity (Wildman–Crippen MR) is 68.9 cm³/mol. The van der Waals surface area contributed by atoms with E-state index in [1.54, 1.807) is 13.8 Å². The molecule has 3 N–H and O–H groups in total. The molecule has 0 spiro atoms. The summed E-state index contributed by atoms with van der Waals surface area (Å²) in [6, 6.07) is -0.345. The van der Waals surface area contributed by atoms with Crippen molar-refractivity contribution in [2.75, 3.05) is 0 Å². The summed E-state index contributed by atoms with van der Waals surface area (Å²) in [4.78, 5) is 16.2. The molecule has 6 heteroatoms. The third kappa shape index (κ3) is 3.26. The van der Waals surface area contributed by atoms with Gasteiger partial charge in [-0.3, -0.25) is 4.79 Å². The summed E-state index contributed by atoms with van der Waals surface area (Å²) in [6.07, 6.45) is 0. The molecule has 1 aromatic heterocycles. The maximum atomic E-state index is 11.9. The Bertz CT molecular complexity index is 440. The van der Waals surface area contributed by atoms with Crippen LogP contribution < -0.4 is 11.1 Å². The van der Waals surface area contributed by atoms with Crippen molar-refractivity contribution in [2.45, 2.75) is 33.7 Å². The molecule has 0 fully saturated rings. The van der Waals surface area contributed by atoms with Gasteiger partial charge in [-0.25, -0.2) is 4.98 Å². The fourth-order valence-corrected chi connectivity index (χ4v) is 1.85. The highest BCUT2D eigenvalue weighted by atomic mass is 32.1. The molecule has 1 unspecified atom stereocenters. The Labute approximate surface area is 106 Å². The standard InChI is InChI=1S/C11H17N3O2S/c1-5(2)8(10(12)17)14-11(15)9-6(3)13-7(4)16-9/h5,8H,1-4H3,(H2,12,17)(H,14,15). The molecule has 0 saturated heterocycles. The van der Waals surface area contributed by atoms with Crippen LogP contribution in [0.3, 0.4) is 0 Å². The van der Waals surface area contributed by atoms with E-state index in [0.29, 0.717) is 11.6 Å². The van der Waals surface area contributed by atoms with Gasteiger partial charge in [-0.15, -0.1) is 0 Å². The third-order valence-electron chi connectivity index (χ3n) is 2.37. The molecule has 1 aromatic rings. The topological polar surface area (TPSA) is 81.2 Å². The number of nitrogens with one attached hydrogen (secondary N) is 1. The first-order valence-electron chi connectivity index (χ1n) is 5.37. The number of aryl methyl sites for hydroxylation is 2. The molecule has 1 heterocycles. The summed E-state index contributed by atoms with van der Waals surface area (Å²) in [7, 11) is 0. The average Bonchev–Trinajstić information content (AvgIpc) is 2.53. The number of hydrogen-bond donors (Lipinski definition) is 2. The van der Waals surface area contributed by atoms with Gasteiger partial charge in [-0.05, 0) is 12.8 Å². The van der Waals surface area contributed by atoms with Crippen LogP contribution >= 0.6 is 12.2 Å². The molecule has 0 bridgehead atoms. The second-order valence-corrected chi connectivity index (χ2v) is 4.72. The minimum Gasteiger partial charge on any atom is -0.436 e. The van der Waals surface area contributed by atoms with Crippen molar-refractivity contribution < 1.29 is 9.21 Å². The molecule has 1 rings (SSSR count). The van der Waals surface area contributed by atoms with Crippen LogP contribution in [0.5, 0.6) is 0 Å². The first-order chi connectivity index (χ1) is 7.82. The zero-order valence-electron chi connectivity index (χ0n) is 10.4. The van der Waals surface area contributed by atoms with Crippen LogP contribution in [0.4, 0.5) is 0 Å². The van der Waals surface area contributed by atoms with Gasteiger partial charge in [-0.2, -0.15) is 0 Å². The zero-order valence-corrected chi connectivity index (χ0v) is 11.2. The molecule has 0 aromatic carbocycles. The van der Waals surface area contributed by atoms with E-state index in [4.69, 9.17) is 22.4 Å². The normalized spacial score (nSPS) is 12.5. The van der Waals surface area contributed by atoms with Gasteiger partial charge in [0.2, 0.25) is 5.76 Å². The van der Waals surface area contributed by atoms with E-state index in [-0.39, 0.29) is 28.6 Å². The zero-order chi connectivity index (χ0) is 13.2. The summed E-state index contributed by atoms with van der Waals surface area (Å²) in [5.74, 6) is 0.462. The lowest BCUT2D eigenvalue weighted by molar-refractivity contribution is 0.0909. The number of rotatable bonds is 4. The van der Waals surface area contributed by atoms with Crippen molar-refractivity contribution in [1.29, 1.82) is 0 Å². The fraction of sp³-hybridized carbons (Fsp3) is 0.545. The summed E-state index contributed by atoms with van der Waals surface area (Å²) >= 11 is 4.92. The summed E-state index contributed by atoms with van der Waals surface area (Å²) < 4.78 is 5.23. The summed E-state index contributed by atoms with van der Waals surface area (Å²) in [5.41, 5.74) is 6.14. The van der Waals surface area contributed by atoms with Crippen LogP contribution in [-0.2, 0) is 0 Å². The number of amides is 1. The highest BCUT2D eigenvalue weighted by molar-refractivity contribution is 7.80. The summed E-state index contributed by atoms with van der Waals surface area (Å²) in [6.45, 7) is 7.28. The first kappa shape index (κ1) is 13.6. The maximum Gasteiger partial charge on any atom is 0.289 e. The van der Waals surface area contributed by atoms with Crippen LogP contribution in [0.2, 0.25) is 0 Å². The van der Waals surface area contributed by atoms with Crippen molar-refractivity contribution in [3.8, 4) is 0 Å². The number of nitrogens with two attached hydrogens (primary N) is 1. The number of hydrogen-bond acceptors (Lipinski definition) is 4. The maximum absolute atomic E-state index is 11.9. The lowest BCUT2D eigenvalue weighted by Crippen LogP contribution is -2.46. The quantitative estimate of drug-likeness (QED) is 0.793. The number of nitrogens with zero attached hydrogens (tertiary/aromatic N) is 1. The van der Waals surface area contributed by atoms with E-state index >= 15 is 0 Å². The van der Waals surface area contributed by atoms with Gasteiger partial charge in [0.1, 0.15) is 0 Å². The number of aromatic nitrogens is 1. The molecule has 0 aliphatic rings. The monoisotopic (exact) mass is 255 g/mol. The van der Waals surface area contributed by atoms with E-state index < -0.39 is 0 Å². The molecule has 17 heavy (non-hydrogen) atoms. The fourth-order valence-electron chi connectivity index (χ4n) is 1.52. The molecular formula is C11H17N3O2S. The van der Waals surface area contributed by atoms with Gasteiger partial charge in [0.25, 0.3) is 5.91 Å². The Hall–Kier alpha value is -1.43. The Kier molecular flexibility index (Phi) is 4.22. The molecule has 1 atom stereocenters.